The molecule has 1 aliphatic heterocycles. The van der Waals surface area contributed by atoms with Gasteiger partial charge >= 0.3 is 6.18 Å². The SMILES string of the molecule is CCOc1cc(CCC(=O)N2CCC[C@@H](c3cc4nc(C(F)(F)F)ccc4[nH]3)C2)on1. The maximum Gasteiger partial charge on any atom is 0.433 e. The fourth-order valence-corrected chi connectivity index (χ4v) is 3.88. The second-order valence-corrected chi connectivity index (χ2v) is 7.60. The lowest BCUT2D eigenvalue weighted by Crippen LogP contribution is -2.39. The third kappa shape index (κ3) is 4.83. The molecule has 7 nitrogen and oxygen atoms in total. The molecule has 0 aliphatic carbocycles. The van der Waals surface area contributed by atoms with E-state index in [4.69, 9.17) is 9.26 Å². The van der Waals surface area contributed by atoms with Crippen molar-refractivity contribution >= 4 is 16.9 Å². The number of pyridine rings is 1. The van der Waals surface area contributed by atoms with Gasteiger partial charge in [0, 0.05) is 43.6 Å². The zero-order valence-corrected chi connectivity index (χ0v) is 17.0. The van der Waals surface area contributed by atoms with Gasteiger partial charge in [0.1, 0.15) is 11.5 Å². The van der Waals surface area contributed by atoms with Gasteiger partial charge in [0.05, 0.1) is 17.6 Å². The number of fused-ring (bicyclic) bond motifs is 1. The van der Waals surface area contributed by atoms with E-state index in [0.717, 1.165) is 24.6 Å². The highest BCUT2D eigenvalue weighted by atomic mass is 19.4. The topological polar surface area (TPSA) is 84.2 Å². The number of piperidine rings is 1. The van der Waals surface area contributed by atoms with Gasteiger partial charge in [-0.05, 0) is 43.1 Å². The van der Waals surface area contributed by atoms with Crippen LogP contribution >= 0.6 is 0 Å². The standard InChI is InChI=1S/C21H23F3N4O3/c1-2-30-19-10-14(31-27-19)5-8-20(29)28-9-3-4-13(12-28)16-11-17-15(25-16)6-7-18(26-17)21(22,23)24/h6-7,10-11,13,25H,2-5,8-9,12H2,1H3/t13-/m1/s1. The second kappa shape index (κ2) is 8.60. The number of hydrogen-bond acceptors (Lipinski definition) is 5. The molecule has 1 N–H and O–H groups in total. The van der Waals surface area contributed by atoms with Crippen LogP contribution in [0.1, 0.15) is 49.3 Å². The van der Waals surface area contributed by atoms with Crippen molar-refractivity contribution in [3.63, 3.8) is 0 Å². The summed E-state index contributed by atoms with van der Waals surface area (Å²) in [5, 5.41) is 3.79. The third-order valence-electron chi connectivity index (χ3n) is 5.42. The average molecular weight is 436 g/mol. The van der Waals surface area contributed by atoms with Gasteiger partial charge in [-0.1, -0.05) is 0 Å². The number of carbonyl (C=O) groups is 1. The number of aromatic nitrogens is 3. The molecule has 1 atom stereocenters. The summed E-state index contributed by atoms with van der Waals surface area (Å²) in [4.78, 5) is 21.4. The van der Waals surface area contributed by atoms with Gasteiger partial charge in [-0.2, -0.15) is 13.2 Å². The van der Waals surface area contributed by atoms with Crippen LogP contribution < -0.4 is 4.74 Å². The molecule has 0 aromatic carbocycles. The van der Waals surface area contributed by atoms with Gasteiger partial charge in [-0.15, -0.1) is 0 Å². The van der Waals surface area contributed by atoms with Crippen LogP contribution in [0.15, 0.2) is 28.8 Å². The first-order chi connectivity index (χ1) is 14.8. The smallest absolute Gasteiger partial charge is 0.433 e. The predicted octanol–water partition coefficient (Wildman–Crippen LogP) is 4.31. The van der Waals surface area contributed by atoms with Gasteiger partial charge in [0.15, 0.2) is 0 Å². The van der Waals surface area contributed by atoms with Crippen molar-refractivity contribution in [3.05, 3.63) is 41.4 Å². The summed E-state index contributed by atoms with van der Waals surface area (Å²) in [5.74, 6) is 1.03. The lowest BCUT2D eigenvalue weighted by atomic mass is 9.94. The van der Waals surface area contributed by atoms with Gasteiger partial charge in [-0.3, -0.25) is 4.79 Å². The molecule has 1 aliphatic rings. The van der Waals surface area contributed by atoms with E-state index in [2.05, 4.69) is 15.1 Å². The van der Waals surface area contributed by atoms with Crippen molar-refractivity contribution in [2.24, 2.45) is 0 Å². The Labute approximate surface area is 176 Å². The Morgan fingerprint density at radius 3 is 2.97 bits per heavy atom. The number of halogens is 3. The van der Waals surface area contributed by atoms with Crippen LogP contribution in [0.25, 0.3) is 11.0 Å². The molecule has 0 bridgehead atoms. The minimum atomic E-state index is -4.48. The first-order valence-corrected chi connectivity index (χ1v) is 10.3. The molecule has 0 radical (unpaired) electrons. The third-order valence-corrected chi connectivity index (χ3v) is 5.42. The first-order valence-electron chi connectivity index (χ1n) is 10.3. The second-order valence-electron chi connectivity index (χ2n) is 7.60. The highest BCUT2D eigenvalue weighted by molar-refractivity contribution is 5.77. The minimum Gasteiger partial charge on any atom is -0.476 e. The maximum absolute atomic E-state index is 12.9. The lowest BCUT2D eigenvalue weighted by molar-refractivity contribution is -0.141. The number of H-pyrrole nitrogens is 1. The Kier molecular flexibility index (Phi) is 5.88. The number of aromatic amines is 1. The maximum atomic E-state index is 12.9. The molecule has 4 heterocycles. The summed E-state index contributed by atoms with van der Waals surface area (Å²) in [6, 6.07) is 5.71. The van der Waals surface area contributed by atoms with Gasteiger partial charge in [0.2, 0.25) is 5.91 Å². The Morgan fingerprint density at radius 1 is 1.35 bits per heavy atom. The molecule has 0 spiro atoms. The van der Waals surface area contributed by atoms with Crippen molar-refractivity contribution in [2.45, 2.75) is 44.7 Å². The highest BCUT2D eigenvalue weighted by Crippen LogP contribution is 2.32. The molecule has 1 fully saturated rings. The quantitative estimate of drug-likeness (QED) is 0.623. The number of carbonyl (C=O) groups excluding carboxylic acids is 1. The van der Waals surface area contributed by atoms with E-state index >= 15 is 0 Å². The summed E-state index contributed by atoms with van der Waals surface area (Å²) in [6.45, 7) is 3.51. The van der Waals surface area contributed by atoms with E-state index in [-0.39, 0.29) is 23.8 Å². The van der Waals surface area contributed by atoms with E-state index in [1.807, 2.05) is 6.92 Å². The largest absolute Gasteiger partial charge is 0.476 e. The van der Waals surface area contributed by atoms with E-state index in [9.17, 15) is 18.0 Å². The number of amides is 1. The molecular weight excluding hydrogens is 413 g/mol. The Morgan fingerprint density at radius 2 is 2.19 bits per heavy atom. The minimum absolute atomic E-state index is 0.00709. The number of nitrogens with zero attached hydrogens (tertiary/aromatic N) is 3. The van der Waals surface area contributed by atoms with Crippen LogP contribution in [0, 0.1) is 0 Å². The Bertz CT molecular complexity index is 1060. The van der Waals surface area contributed by atoms with Gasteiger partial charge in [0.25, 0.3) is 5.88 Å². The molecule has 3 aromatic rings. The number of nitrogens with one attached hydrogen (secondary N) is 1. The van der Waals surface area contributed by atoms with Crippen LogP contribution in [0.4, 0.5) is 13.2 Å². The van der Waals surface area contributed by atoms with Crippen LogP contribution in [-0.4, -0.2) is 45.6 Å². The zero-order chi connectivity index (χ0) is 22.0. The van der Waals surface area contributed by atoms with E-state index in [0.29, 0.717) is 43.3 Å². The van der Waals surface area contributed by atoms with Crippen LogP contribution in [0.2, 0.25) is 0 Å². The lowest BCUT2D eigenvalue weighted by Gasteiger charge is -2.32. The molecule has 0 unspecified atom stereocenters. The molecule has 10 heteroatoms. The molecule has 0 saturated carbocycles. The number of hydrogen-bond donors (Lipinski definition) is 1. The number of ether oxygens (including phenoxy) is 1. The molecule has 166 valence electrons. The summed E-state index contributed by atoms with van der Waals surface area (Å²) in [6.07, 6.45) is -2.09. The van der Waals surface area contributed by atoms with Crippen LogP contribution in [0.3, 0.4) is 0 Å². The fraction of sp³-hybridized carbons (Fsp3) is 0.476. The monoisotopic (exact) mass is 436 g/mol. The molecule has 1 saturated heterocycles. The fourth-order valence-electron chi connectivity index (χ4n) is 3.88. The van der Waals surface area contributed by atoms with E-state index < -0.39 is 11.9 Å². The number of rotatable bonds is 6. The predicted molar refractivity (Wildman–Crippen MR) is 106 cm³/mol. The van der Waals surface area contributed by atoms with Crippen molar-refractivity contribution in [3.8, 4) is 5.88 Å². The molecule has 3 aromatic heterocycles. The normalized spacial score (nSPS) is 17.3. The Hall–Kier alpha value is -3.04. The summed E-state index contributed by atoms with van der Waals surface area (Å²) >= 11 is 0. The highest BCUT2D eigenvalue weighted by Gasteiger charge is 2.33. The summed E-state index contributed by atoms with van der Waals surface area (Å²) < 4.78 is 49.2. The first kappa shape index (κ1) is 21.2. The summed E-state index contributed by atoms with van der Waals surface area (Å²) in [7, 11) is 0. The number of likely N-dealkylation sites (tertiary alicyclic amines) is 1. The Balaban J connectivity index is 1.40. The van der Waals surface area contributed by atoms with Crippen LogP contribution in [0.5, 0.6) is 5.88 Å². The molecule has 31 heavy (non-hydrogen) atoms. The van der Waals surface area contributed by atoms with Crippen molar-refractivity contribution in [2.75, 3.05) is 19.7 Å². The van der Waals surface area contributed by atoms with Gasteiger partial charge < -0.3 is 19.1 Å². The van der Waals surface area contributed by atoms with E-state index in [1.165, 1.54) is 6.07 Å². The molecule has 4 rings (SSSR count). The summed E-state index contributed by atoms with van der Waals surface area (Å²) in [5.41, 5.74) is 0.729. The average Bonchev–Trinajstić information content (AvgIpc) is 3.38. The van der Waals surface area contributed by atoms with E-state index in [1.54, 1.807) is 17.0 Å². The van der Waals surface area contributed by atoms with Crippen molar-refractivity contribution in [1.29, 1.82) is 0 Å². The zero-order valence-electron chi connectivity index (χ0n) is 17.0. The van der Waals surface area contributed by atoms with Crippen molar-refractivity contribution in [1.82, 2.24) is 20.0 Å². The van der Waals surface area contributed by atoms with Crippen molar-refractivity contribution < 1.29 is 27.2 Å². The molecular formula is C21H23F3N4O3. The van der Waals surface area contributed by atoms with Crippen LogP contribution in [-0.2, 0) is 17.4 Å². The van der Waals surface area contributed by atoms with Gasteiger partial charge in [-0.25, -0.2) is 4.98 Å². The molecule has 1 amide bonds. The number of alkyl halides is 3. The number of aryl methyl sites for hydroxylation is 1.